The number of methoxy groups -OCH3 is 4. The number of nitrogens with one attached hydrogen (secondary N) is 1. The molecule has 0 saturated heterocycles. The Hall–Kier alpha value is -3.46. The van der Waals surface area contributed by atoms with Gasteiger partial charge < -0.3 is 34.5 Å². The van der Waals surface area contributed by atoms with Gasteiger partial charge in [-0.25, -0.2) is 9.59 Å². The highest BCUT2D eigenvalue weighted by Crippen LogP contribution is 2.28. The molecule has 2 aromatic rings. The average Bonchev–Trinajstić information content (AvgIpc) is 2.76. The van der Waals surface area contributed by atoms with Gasteiger partial charge >= 0.3 is 11.9 Å². The maximum Gasteiger partial charge on any atom is 0.414 e. The zero-order valence-corrected chi connectivity index (χ0v) is 17.4. The van der Waals surface area contributed by atoms with Crippen LogP contribution in [-0.4, -0.2) is 57.1 Å². The van der Waals surface area contributed by atoms with Gasteiger partial charge in [-0.05, 0) is 48.4 Å². The average molecular weight is 421 g/mol. The third-order valence-electron chi connectivity index (χ3n) is 4.00. The maximum atomic E-state index is 9.10. The number of ether oxygens (including phenoxy) is 4. The Bertz CT molecular complexity index is 768. The molecular weight excluding hydrogens is 394 g/mol. The molecule has 0 heterocycles. The quantitative estimate of drug-likeness (QED) is 0.413. The molecule has 0 radical (unpaired) electrons. The van der Waals surface area contributed by atoms with Gasteiger partial charge in [0.1, 0.15) is 0 Å². The molecule has 9 nitrogen and oxygen atoms in total. The number of carbonyl (C=O) groups is 2. The molecule has 0 aromatic heterocycles. The molecule has 0 aliphatic carbocycles. The predicted molar refractivity (Wildman–Crippen MR) is 110 cm³/mol. The first-order valence-corrected chi connectivity index (χ1v) is 8.95. The van der Waals surface area contributed by atoms with Gasteiger partial charge in [0, 0.05) is 6.54 Å². The molecular formula is C21H27NO8. The van der Waals surface area contributed by atoms with Crippen molar-refractivity contribution in [3.8, 4) is 23.0 Å². The molecule has 2 aromatic carbocycles. The number of hydrogen-bond acceptors (Lipinski definition) is 7. The summed E-state index contributed by atoms with van der Waals surface area (Å²) < 4.78 is 21.2. The molecule has 9 heteroatoms. The number of benzene rings is 2. The zero-order chi connectivity index (χ0) is 22.5. The standard InChI is InChI=1S/C19H25NO4.C2H2O4/c1-21-16-7-5-14(11-18(16)23-3)9-10-20-13-15-6-8-17(22-2)19(12-15)24-4;3-1(4)2(5)6/h5-8,11-12,20H,9-10,13H2,1-4H3;(H,3,4)(H,5,6). The van der Waals surface area contributed by atoms with Crippen molar-refractivity contribution in [2.24, 2.45) is 0 Å². The molecule has 0 aliphatic heterocycles. The van der Waals surface area contributed by atoms with Crippen LogP contribution in [0.4, 0.5) is 0 Å². The van der Waals surface area contributed by atoms with E-state index in [0.29, 0.717) is 0 Å². The topological polar surface area (TPSA) is 124 Å². The van der Waals surface area contributed by atoms with Gasteiger partial charge in [-0.15, -0.1) is 0 Å². The highest BCUT2D eigenvalue weighted by Gasteiger charge is 2.06. The van der Waals surface area contributed by atoms with Crippen molar-refractivity contribution in [1.82, 2.24) is 5.32 Å². The Morgan fingerprint density at radius 2 is 1.17 bits per heavy atom. The molecule has 2 rings (SSSR count). The third kappa shape index (κ3) is 7.88. The van der Waals surface area contributed by atoms with Crippen molar-refractivity contribution < 1.29 is 38.7 Å². The van der Waals surface area contributed by atoms with Crippen LogP contribution in [0.1, 0.15) is 11.1 Å². The first-order valence-electron chi connectivity index (χ1n) is 8.95. The summed E-state index contributed by atoms with van der Waals surface area (Å²) in [5.74, 6) is -0.650. The summed E-state index contributed by atoms with van der Waals surface area (Å²) in [5.41, 5.74) is 2.35. The van der Waals surface area contributed by atoms with Gasteiger partial charge in [0.25, 0.3) is 0 Å². The van der Waals surface area contributed by atoms with Gasteiger partial charge in [0.05, 0.1) is 28.4 Å². The highest BCUT2D eigenvalue weighted by molar-refractivity contribution is 6.27. The Labute approximate surface area is 175 Å². The Balaban J connectivity index is 0.000000656. The molecule has 30 heavy (non-hydrogen) atoms. The molecule has 164 valence electrons. The van der Waals surface area contributed by atoms with Crippen molar-refractivity contribution in [2.45, 2.75) is 13.0 Å². The summed E-state index contributed by atoms with van der Waals surface area (Å²) in [4.78, 5) is 18.2. The number of carboxylic acid groups (broad SMARTS) is 2. The van der Waals surface area contributed by atoms with E-state index in [9.17, 15) is 0 Å². The van der Waals surface area contributed by atoms with Gasteiger partial charge in [0.15, 0.2) is 23.0 Å². The van der Waals surface area contributed by atoms with Crippen molar-refractivity contribution in [2.75, 3.05) is 35.0 Å². The van der Waals surface area contributed by atoms with E-state index >= 15 is 0 Å². The largest absolute Gasteiger partial charge is 0.493 e. The van der Waals surface area contributed by atoms with E-state index in [1.807, 2.05) is 30.3 Å². The lowest BCUT2D eigenvalue weighted by Gasteiger charge is -2.11. The Kier molecular flexibility index (Phi) is 10.6. The lowest BCUT2D eigenvalue weighted by molar-refractivity contribution is -0.159. The molecule has 0 atom stereocenters. The van der Waals surface area contributed by atoms with Crippen LogP contribution in [0.3, 0.4) is 0 Å². The molecule has 0 aliphatic rings. The summed E-state index contributed by atoms with van der Waals surface area (Å²) >= 11 is 0. The fourth-order valence-corrected chi connectivity index (χ4v) is 2.49. The minimum atomic E-state index is -1.82. The van der Waals surface area contributed by atoms with Crippen molar-refractivity contribution >= 4 is 11.9 Å². The van der Waals surface area contributed by atoms with Gasteiger partial charge in [-0.1, -0.05) is 12.1 Å². The molecule has 0 amide bonds. The predicted octanol–water partition coefficient (Wildman–Crippen LogP) is 2.21. The first kappa shape index (κ1) is 24.6. The molecule has 0 bridgehead atoms. The van der Waals surface area contributed by atoms with Crippen LogP contribution in [0, 0.1) is 0 Å². The monoisotopic (exact) mass is 421 g/mol. The molecule has 0 fully saturated rings. The lowest BCUT2D eigenvalue weighted by Crippen LogP contribution is -2.16. The van der Waals surface area contributed by atoms with Crippen molar-refractivity contribution in [3.63, 3.8) is 0 Å². The number of rotatable bonds is 9. The van der Waals surface area contributed by atoms with Crippen LogP contribution in [0.15, 0.2) is 36.4 Å². The van der Waals surface area contributed by atoms with E-state index in [2.05, 4.69) is 11.4 Å². The van der Waals surface area contributed by atoms with Crippen LogP contribution < -0.4 is 24.3 Å². The van der Waals surface area contributed by atoms with Crippen LogP contribution in [0.2, 0.25) is 0 Å². The molecule has 0 spiro atoms. The molecule has 3 N–H and O–H groups in total. The number of carboxylic acids is 2. The summed E-state index contributed by atoms with van der Waals surface area (Å²) in [5, 5.41) is 18.2. The van der Waals surface area contributed by atoms with E-state index in [4.69, 9.17) is 38.7 Å². The number of aliphatic carboxylic acids is 2. The number of hydrogen-bond donors (Lipinski definition) is 3. The minimum absolute atomic E-state index is 0.742. The van der Waals surface area contributed by atoms with Crippen molar-refractivity contribution in [1.29, 1.82) is 0 Å². The fourth-order valence-electron chi connectivity index (χ4n) is 2.49. The van der Waals surface area contributed by atoms with E-state index in [1.165, 1.54) is 5.56 Å². The minimum Gasteiger partial charge on any atom is -0.493 e. The van der Waals surface area contributed by atoms with Crippen LogP contribution in [0.25, 0.3) is 0 Å². The Morgan fingerprint density at radius 3 is 1.60 bits per heavy atom. The highest BCUT2D eigenvalue weighted by atomic mass is 16.5. The third-order valence-corrected chi connectivity index (χ3v) is 4.00. The van der Waals surface area contributed by atoms with Crippen LogP contribution in [0.5, 0.6) is 23.0 Å². The smallest absolute Gasteiger partial charge is 0.414 e. The summed E-state index contributed by atoms with van der Waals surface area (Å²) in [6.45, 7) is 1.64. The summed E-state index contributed by atoms with van der Waals surface area (Å²) in [6.07, 6.45) is 0.910. The second kappa shape index (κ2) is 12.9. The SMILES string of the molecule is COc1ccc(CCNCc2ccc(OC)c(OC)c2)cc1OC.O=C(O)C(=O)O. The normalized spacial score (nSPS) is 9.73. The molecule has 0 saturated carbocycles. The summed E-state index contributed by atoms with van der Waals surface area (Å²) in [7, 11) is 6.57. The lowest BCUT2D eigenvalue weighted by atomic mass is 10.1. The van der Waals surface area contributed by atoms with Crippen LogP contribution in [-0.2, 0) is 22.6 Å². The summed E-state index contributed by atoms with van der Waals surface area (Å²) in [6, 6.07) is 11.9. The first-order chi connectivity index (χ1) is 14.4. The second-order valence-electron chi connectivity index (χ2n) is 5.92. The van der Waals surface area contributed by atoms with E-state index in [-0.39, 0.29) is 0 Å². The fraction of sp³-hybridized carbons (Fsp3) is 0.333. The van der Waals surface area contributed by atoms with Gasteiger partial charge in [-0.2, -0.15) is 0 Å². The second-order valence-corrected chi connectivity index (χ2v) is 5.92. The maximum absolute atomic E-state index is 9.10. The van der Waals surface area contributed by atoms with Crippen LogP contribution >= 0.6 is 0 Å². The molecule has 0 unspecified atom stereocenters. The van der Waals surface area contributed by atoms with Crippen molar-refractivity contribution in [3.05, 3.63) is 47.5 Å². The van der Waals surface area contributed by atoms with E-state index in [1.54, 1.807) is 28.4 Å². The Morgan fingerprint density at radius 1 is 0.733 bits per heavy atom. The van der Waals surface area contributed by atoms with Gasteiger partial charge in [0.2, 0.25) is 0 Å². The van der Waals surface area contributed by atoms with E-state index < -0.39 is 11.9 Å². The van der Waals surface area contributed by atoms with E-state index in [0.717, 1.165) is 48.1 Å². The van der Waals surface area contributed by atoms with Gasteiger partial charge in [-0.3, -0.25) is 0 Å². The zero-order valence-electron chi connectivity index (χ0n) is 17.4.